The van der Waals surface area contributed by atoms with Crippen LogP contribution in [-0.2, 0) is 19.6 Å². The molecular formula is C19H28N4. The van der Waals surface area contributed by atoms with E-state index in [2.05, 4.69) is 44.5 Å². The topological polar surface area (TPSA) is 44.0 Å². The zero-order valence-corrected chi connectivity index (χ0v) is 13.9. The van der Waals surface area contributed by atoms with E-state index in [9.17, 15) is 0 Å². The summed E-state index contributed by atoms with van der Waals surface area (Å²) in [6, 6.07) is 9.05. The highest BCUT2D eigenvalue weighted by Crippen LogP contribution is 2.14. The van der Waals surface area contributed by atoms with Crippen LogP contribution in [0.2, 0.25) is 0 Å². The molecule has 0 saturated carbocycles. The number of rotatable bonds is 6. The van der Waals surface area contributed by atoms with Crippen molar-refractivity contribution in [3.8, 4) is 0 Å². The average Bonchev–Trinajstić information content (AvgIpc) is 3.05. The predicted molar refractivity (Wildman–Crippen MR) is 93.9 cm³/mol. The number of imidazole rings is 1. The molecule has 1 aliphatic rings. The number of benzene rings is 1. The molecule has 0 unspecified atom stereocenters. The lowest BCUT2D eigenvalue weighted by atomic mass is 10.1. The number of aromatic nitrogens is 2. The van der Waals surface area contributed by atoms with Gasteiger partial charge in [0.25, 0.3) is 0 Å². The van der Waals surface area contributed by atoms with Crippen molar-refractivity contribution in [2.45, 2.75) is 51.7 Å². The SMILES string of the molecule is c1c[nH]c(CNCc2ccc(CN3CCCCCCC3)cc2)n1. The van der Waals surface area contributed by atoms with Crippen molar-refractivity contribution in [1.82, 2.24) is 20.2 Å². The second-order valence-corrected chi connectivity index (χ2v) is 6.50. The van der Waals surface area contributed by atoms with Gasteiger partial charge in [-0.3, -0.25) is 4.90 Å². The summed E-state index contributed by atoms with van der Waals surface area (Å²) in [6.45, 7) is 5.27. The minimum Gasteiger partial charge on any atom is -0.348 e. The minimum atomic E-state index is 0.780. The minimum absolute atomic E-state index is 0.780. The first-order valence-corrected chi connectivity index (χ1v) is 8.89. The van der Waals surface area contributed by atoms with Gasteiger partial charge in [-0.1, -0.05) is 43.5 Å². The molecule has 2 heterocycles. The Labute approximate surface area is 139 Å². The summed E-state index contributed by atoms with van der Waals surface area (Å²) in [5.41, 5.74) is 2.76. The number of likely N-dealkylation sites (tertiary alicyclic amines) is 1. The van der Waals surface area contributed by atoms with Crippen molar-refractivity contribution in [2.24, 2.45) is 0 Å². The van der Waals surface area contributed by atoms with Gasteiger partial charge in [0.1, 0.15) is 5.82 Å². The first kappa shape index (κ1) is 16.2. The Morgan fingerprint density at radius 3 is 2.30 bits per heavy atom. The second-order valence-electron chi connectivity index (χ2n) is 6.50. The molecule has 2 aromatic rings. The fourth-order valence-corrected chi connectivity index (χ4v) is 3.21. The van der Waals surface area contributed by atoms with Crippen molar-refractivity contribution in [3.63, 3.8) is 0 Å². The van der Waals surface area contributed by atoms with Gasteiger partial charge in [-0.25, -0.2) is 4.98 Å². The molecule has 1 aromatic carbocycles. The van der Waals surface area contributed by atoms with E-state index >= 15 is 0 Å². The maximum Gasteiger partial charge on any atom is 0.120 e. The molecule has 0 atom stereocenters. The molecule has 2 N–H and O–H groups in total. The van der Waals surface area contributed by atoms with Crippen LogP contribution < -0.4 is 5.32 Å². The summed E-state index contributed by atoms with van der Waals surface area (Å²) in [7, 11) is 0. The van der Waals surface area contributed by atoms with Crippen LogP contribution in [0.15, 0.2) is 36.7 Å². The molecule has 4 heteroatoms. The molecule has 124 valence electrons. The van der Waals surface area contributed by atoms with Gasteiger partial charge in [0.05, 0.1) is 6.54 Å². The molecule has 0 amide bonds. The summed E-state index contributed by atoms with van der Waals surface area (Å²) < 4.78 is 0. The van der Waals surface area contributed by atoms with Crippen LogP contribution in [0.25, 0.3) is 0 Å². The van der Waals surface area contributed by atoms with E-state index in [4.69, 9.17) is 0 Å². The predicted octanol–water partition coefficient (Wildman–Crippen LogP) is 3.47. The lowest BCUT2D eigenvalue weighted by Crippen LogP contribution is -2.26. The summed E-state index contributed by atoms with van der Waals surface area (Å²) in [4.78, 5) is 9.94. The van der Waals surface area contributed by atoms with Crippen molar-refractivity contribution in [2.75, 3.05) is 13.1 Å². The molecule has 0 spiro atoms. The monoisotopic (exact) mass is 312 g/mol. The Morgan fingerprint density at radius 1 is 0.913 bits per heavy atom. The smallest absolute Gasteiger partial charge is 0.120 e. The number of nitrogens with zero attached hydrogens (tertiary/aromatic N) is 2. The zero-order valence-electron chi connectivity index (χ0n) is 13.9. The summed E-state index contributed by atoms with van der Waals surface area (Å²) in [5, 5.41) is 3.42. The molecule has 1 aromatic heterocycles. The van der Waals surface area contributed by atoms with E-state index in [1.807, 2.05) is 6.20 Å². The van der Waals surface area contributed by atoms with E-state index in [0.29, 0.717) is 0 Å². The van der Waals surface area contributed by atoms with Crippen molar-refractivity contribution < 1.29 is 0 Å². The van der Waals surface area contributed by atoms with E-state index in [1.54, 1.807) is 6.20 Å². The highest BCUT2D eigenvalue weighted by Gasteiger charge is 2.08. The highest BCUT2D eigenvalue weighted by atomic mass is 15.1. The van der Waals surface area contributed by atoms with Gasteiger partial charge in [-0.2, -0.15) is 0 Å². The Hall–Kier alpha value is -1.65. The maximum absolute atomic E-state index is 4.22. The molecular weight excluding hydrogens is 284 g/mol. The summed E-state index contributed by atoms with van der Waals surface area (Å²) in [6.07, 6.45) is 10.6. The van der Waals surface area contributed by atoms with Gasteiger partial charge < -0.3 is 10.3 Å². The average molecular weight is 312 g/mol. The van der Waals surface area contributed by atoms with Gasteiger partial charge >= 0.3 is 0 Å². The number of aromatic amines is 1. The third-order valence-electron chi connectivity index (χ3n) is 4.55. The summed E-state index contributed by atoms with van der Waals surface area (Å²) in [5.74, 6) is 0.985. The Kier molecular flexibility index (Phi) is 6.24. The molecule has 1 saturated heterocycles. The molecule has 0 aliphatic carbocycles. The van der Waals surface area contributed by atoms with Crippen LogP contribution in [0, 0.1) is 0 Å². The Bertz CT molecular complexity index is 539. The quantitative estimate of drug-likeness (QED) is 0.858. The third-order valence-corrected chi connectivity index (χ3v) is 4.55. The largest absolute Gasteiger partial charge is 0.348 e. The van der Waals surface area contributed by atoms with Gasteiger partial charge in [0.2, 0.25) is 0 Å². The lowest BCUT2D eigenvalue weighted by Gasteiger charge is -2.24. The molecule has 0 radical (unpaired) electrons. The maximum atomic E-state index is 4.22. The van der Waals surface area contributed by atoms with Crippen molar-refractivity contribution in [3.05, 3.63) is 53.6 Å². The number of hydrogen-bond acceptors (Lipinski definition) is 3. The van der Waals surface area contributed by atoms with E-state index in [1.165, 1.54) is 56.3 Å². The van der Waals surface area contributed by atoms with E-state index in [0.717, 1.165) is 25.5 Å². The first-order chi connectivity index (χ1) is 11.4. The van der Waals surface area contributed by atoms with Crippen LogP contribution in [0.5, 0.6) is 0 Å². The molecule has 0 bridgehead atoms. The van der Waals surface area contributed by atoms with Gasteiger partial charge in [-0.05, 0) is 37.1 Å². The van der Waals surface area contributed by atoms with Gasteiger partial charge in [0, 0.05) is 25.5 Å². The molecule has 4 nitrogen and oxygen atoms in total. The van der Waals surface area contributed by atoms with E-state index in [-0.39, 0.29) is 0 Å². The van der Waals surface area contributed by atoms with Crippen LogP contribution >= 0.6 is 0 Å². The lowest BCUT2D eigenvalue weighted by molar-refractivity contribution is 0.240. The molecule has 23 heavy (non-hydrogen) atoms. The summed E-state index contributed by atoms with van der Waals surface area (Å²) >= 11 is 0. The van der Waals surface area contributed by atoms with Crippen molar-refractivity contribution in [1.29, 1.82) is 0 Å². The normalized spacial score (nSPS) is 16.9. The van der Waals surface area contributed by atoms with E-state index < -0.39 is 0 Å². The van der Waals surface area contributed by atoms with Crippen LogP contribution in [0.4, 0.5) is 0 Å². The molecule has 3 rings (SSSR count). The number of H-pyrrole nitrogens is 1. The molecule has 1 aliphatic heterocycles. The van der Waals surface area contributed by atoms with Gasteiger partial charge in [-0.15, -0.1) is 0 Å². The fraction of sp³-hybridized carbons (Fsp3) is 0.526. The fourth-order valence-electron chi connectivity index (χ4n) is 3.21. The standard InChI is InChI=1S/C19H28N4/c1-2-4-12-23(13-5-3-1)16-18-8-6-17(7-9-18)14-20-15-19-21-10-11-22-19/h6-11,20H,1-5,12-16H2,(H,21,22). The van der Waals surface area contributed by atoms with Crippen LogP contribution in [-0.4, -0.2) is 28.0 Å². The van der Waals surface area contributed by atoms with Gasteiger partial charge in [0.15, 0.2) is 0 Å². The number of hydrogen-bond donors (Lipinski definition) is 2. The second kappa shape index (κ2) is 8.85. The molecule has 1 fully saturated rings. The number of nitrogens with one attached hydrogen (secondary N) is 2. The third kappa shape index (κ3) is 5.48. The van der Waals surface area contributed by atoms with Crippen LogP contribution in [0.3, 0.4) is 0 Å². The zero-order chi connectivity index (χ0) is 15.7. The highest BCUT2D eigenvalue weighted by molar-refractivity contribution is 5.22. The first-order valence-electron chi connectivity index (χ1n) is 8.89. The van der Waals surface area contributed by atoms with Crippen LogP contribution in [0.1, 0.15) is 49.1 Å². The Balaban J connectivity index is 1.44. The Morgan fingerprint density at radius 2 is 1.61 bits per heavy atom. The van der Waals surface area contributed by atoms with Crippen molar-refractivity contribution >= 4 is 0 Å².